The van der Waals surface area contributed by atoms with Gasteiger partial charge >= 0.3 is 0 Å². The molecule has 7 nitrogen and oxygen atoms in total. The van der Waals surface area contributed by atoms with E-state index in [1.54, 1.807) is 42.8 Å². The van der Waals surface area contributed by atoms with E-state index >= 15 is 0 Å². The largest absolute Gasteiger partial charge is 0.399 e. The summed E-state index contributed by atoms with van der Waals surface area (Å²) in [6.07, 6.45) is 1.53. The summed E-state index contributed by atoms with van der Waals surface area (Å²) in [7, 11) is -1.70. The van der Waals surface area contributed by atoms with Gasteiger partial charge in [0.25, 0.3) is 0 Å². The van der Waals surface area contributed by atoms with Gasteiger partial charge in [0.15, 0.2) is 0 Å². The Labute approximate surface area is 117 Å². The smallest absolute Gasteiger partial charge is 0.216 e. The SMILES string of the molecule is CC(NS(=O)(=O)Cc1ccc(N)cc1)c1nncn1C. The number of nitrogens with one attached hydrogen (secondary N) is 1. The van der Waals surface area contributed by atoms with Crippen LogP contribution in [0.2, 0.25) is 0 Å². The van der Waals surface area contributed by atoms with Gasteiger partial charge in [0.2, 0.25) is 10.0 Å². The lowest BCUT2D eigenvalue weighted by Gasteiger charge is -2.13. The van der Waals surface area contributed by atoms with Crippen molar-refractivity contribution >= 4 is 15.7 Å². The van der Waals surface area contributed by atoms with Gasteiger partial charge in [0.1, 0.15) is 12.2 Å². The first-order valence-electron chi connectivity index (χ1n) is 6.06. The second kappa shape index (κ2) is 5.59. The van der Waals surface area contributed by atoms with Crippen LogP contribution in [0.3, 0.4) is 0 Å². The summed E-state index contributed by atoms with van der Waals surface area (Å²) >= 11 is 0. The van der Waals surface area contributed by atoms with Crippen molar-refractivity contribution in [2.45, 2.75) is 18.7 Å². The molecule has 0 aliphatic heterocycles. The van der Waals surface area contributed by atoms with Crippen molar-refractivity contribution in [1.29, 1.82) is 0 Å². The molecule has 1 aromatic carbocycles. The van der Waals surface area contributed by atoms with E-state index < -0.39 is 16.1 Å². The number of nitrogen functional groups attached to an aromatic ring is 1. The molecule has 0 spiro atoms. The summed E-state index contributed by atoms with van der Waals surface area (Å²) in [6, 6.07) is 6.30. The normalized spacial score (nSPS) is 13.3. The number of benzene rings is 1. The Morgan fingerprint density at radius 1 is 1.35 bits per heavy atom. The monoisotopic (exact) mass is 295 g/mol. The maximum absolute atomic E-state index is 12.1. The first-order valence-corrected chi connectivity index (χ1v) is 7.71. The summed E-state index contributed by atoms with van der Waals surface area (Å²) in [5.41, 5.74) is 6.85. The predicted molar refractivity (Wildman–Crippen MR) is 76.0 cm³/mol. The number of aryl methyl sites for hydroxylation is 1. The molecule has 0 radical (unpaired) electrons. The Morgan fingerprint density at radius 2 is 2.00 bits per heavy atom. The maximum Gasteiger partial charge on any atom is 0.216 e. The predicted octanol–water partition coefficient (Wildman–Crippen LogP) is 0.578. The third kappa shape index (κ3) is 3.55. The number of hydrogen-bond donors (Lipinski definition) is 2. The van der Waals surface area contributed by atoms with Crippen LogP contribution >= 0.6 is 0 Å². The van der Waals surface area contributed by atoms with Crippen molar-refractivity contribution in [2.24, 2.45) is 7.05 Å². The molecule has 0 saturated carbocycles. The van der Waals surface area contributed by atoms with Crippen LogP contribution < -0.4 is 10.5 Å². The summed E-state index contributed by atoms with van der Waals surface area (Å²) in [4.78, 5) is 0. The Bertz CT molecular complexity index is 678. The van der Waals surface area contributed by atoms with Crippen LogP contribution in [-0.2, 0) is 22.8 Å². The first kappa shape index (κ1) is 14.5. The molecule has 0 aliphatic rings. The standard InChI is InChI=1S/C12H17N5O2S/c1-9(12-15-14-8-17(12)2)16-20(18,19)7-10-3-5-11(13)6-4-10/h3-6,8-9,16H,7,13H2,1-2H3. The molecule has 0 amide bonds. The number of nitrogens with two attached hydrogens (primary N) is 1. The maximum atomic E-state index is 12.1. The average Bonchev–Trinajstić information content (AvgIpc) is 2.77. The van der Waals surface area contributed by atoms with Gasteiger partial charge in [-0.3, -0.25) is 0 Å². The highest BCUT2D eigenvalue weighted by Crippen LogP contribution is 2.13. The topological polar surface area (TPSA) is 103 Å². The molecule has 1 aromatic heterocycles. The summed E-state index contributed by atoms with van der Waals surface area (Å²) < 4.78 is 28.5. The minimum atomic E-state index is -3.46. The van der Waals surface area contributed by atoms with Gasteiger partial charge in [0, 0.05) is 12.7 Å². The summed E-state index contributed by atoms with van der Waals surface area (Å²) in [5.74, 6) is 0.459. The summed E-state index contributed by atoms with van der Waals surface area (Å²) in [6.45, 7) is 1.73. The molecule has 20 heavy (non-hydrogen) atoms. The van der Waals surface area contributed by atoms with Gasteiger partial charge in [-0.25, -0.2) is 13.1 Å². The molecule has 0 aliphatic carbocycles. The van der Waals surface area contributed by atoms with Crippen LogP contribution in [-0.4, -0.2) is 23.2 Å². The third-order valence-corrected chi connectivity index (χ3v) is 4.25. The van der Waals surface area contributed by atoms with E-state index in [1.807, 2.05) is 0 Å². The molecular weight excluding hydrogens is 278 g/mol. The van der Waals surface area contributed by atoms with Crippen LogP contribution in [0.15, 0.2) is 30.6 Å². The van der Waals surface area contributed by atoms with Gasteiger partial charge in [-0.2, -0.15) is 0 Å². The second-order valence-electron chi connectivity index (χ2n) is 4.64. The highest BCUT2D eigenvalue weighted by molar-refractivity contribution is 7.88. The zero-order valence-electron chi connectivity index (χ0n) is 11.3. The van der Waals surface area contributed by atoms with Crippen LogP contribution in [0, 0.1) is 0 Å². The van der Waals surface area contributed by atoms with Gasteiger partial charge in [-0.05, 0) is 24.6 Å². The van der Waals surface area contributed by atoms with E-state index in [2.05, 4.69) is 14.9 Å². The zero-order valence-corrected chi connectivity index (χ0v) is 12.1. The number of rotatable bonds is 5. The van der Waals surface area contributed by atoms with Crippen molar-refractivity contribution in [3.63, 3.8) is 0 Å². The quantitative estimate of drug-likeness (QED) is 0.785. The highest BCUT2D eigenvalue weighted by Gasteiger charge is 2.19. The van der Waals surface area contributed by atoms with E-state index in [0.717, 1.165) is 0 Å². The Kier molecular flexibility index (Phi) is 4.05. The lowest BCUT2D eigenvalue weighted by atomic mass is 10.2. The number of anilines is 1. The highest BCUT2D eigenvalue weighted by atomic mass is 32.2. The van der Waals surface area contributed by atoms with E-state index in [9.17, 15) is 8.42 Å². The summed E-state index contributed by atoms with van der Waals surface area (Å²) in [5, 5.41) is 7.62. The number of aromatic nitrogens is 3. The van der Waals surface area contributed by atoms with Gasteiger partial charge in [-0.1, -0.05) is 12.1 Å². The minimum absolute atomic E-state index is 0.102. The molecule has 0 bridgehead atoms. The van der Waals surface area contributed by atoms with Crippen molar-refractivity contribution in [3.05, 3.63) is 42.0 Å². The fourth-order valence-corrected chi connectivity index (χ4v) is 3.24. The molecule has 1 heterocycles. The fourth-order valence-electron chi connectivity index (χ4n) is 1.88. The lowest BCUT2D eigenvalue weighted by Crippen LogP contribution is -2.29. The Balaban J connectivity index is 2.08. The minimum Gasteiger partial charge on any atom is -0.399 e. The fraction of sp³-hybridized carbons (Fsp3) is 0.333. The zero-order chi connectivity index (χ0) is 14.8. The van der Waals surface area contributed by atoms with Crippen molar-refractivity contribution in [3.8, 4) is 0 Å². The first-order chi connectivity index (χ1) is 9.37. The van der Waals surface area contributed by atoms with Gasteiger partial charge in [-0.15, -0.1) is 10.2 Å². The van der Waals surface area contributed by atoms with Crippen molar-refractivity contribution in [1.82, 2.24) is 19.5 Å². The van der Waals surface area contributed by atoms with E-state index in [1.165, 1.54) is 6.33 Å². The molecule has 3 N–H and O–H groups in total. The molecule has 1 unspecified atom stereocenters. The number of hydrogen-bond acceptors (Lipinski definition) is 5. The molecule has 0 saturated heterocycles. The van der Waals surface area contributed by atoms with E-state index in [-0.39, 0.29) is 5.75 Å². The second-order valence-corrected chi connectivity index (χ2v) is 6.39. The van der Waals surface area contributed by atoms with Crippen LogP contribution in [0.1, 0.15) is 24.4 Å². The van der Waals surface area contributed by atoms with Gasteiger partial charge < -0.3 is 10.3 Å². The van der Waals surface area contributed by atoms with E-state index in [0.29, 0.717) is 17.1 Å². The average molecular weight is 295 g/mol. The molecule has 108 valence electrons. The molecule has 8 heteroatoms. The van der Waals surface area contributed by atoms with Gasteiger partial charge in [0.05, 0.1) is 11.8 Å². The number of nitrogens with zero attached hydrogens (tertiary/aromatic N) is 3. The molecular formula is C12H17N5O2S. The molecule has 1 atom stereocenters. The molecule has 0 fully saturated rings. The van der Waals surface area contributed by atoms with Crippen molar-refractivity contribution in [2.75, 3.05) is 5.73 Å². The van der Waals surface area contributed by atoms with Crippen LogP contribution in [0.4, 0.5) is 5.69 Å². The van der Waals surface area contributed by atoms with Crippen LogP contribution in [0.5, 0.6) is 0 Å². The van der Waals surface area contributed by atoms with Crippen LogP contribution in [0.25, 0.3) is 0 Å². The Morgan fingerprint density at radius 3 is 2.55 bits per heavy atom. The van der Waals surface area contributed by atoms with E-state index in [4.69, 9.17) is 5.73 Å². The molecule has 2 rings (SSSR count). The third-order valence-electron chi connectivity index (χ3n) is 2.83. The Hall–Kier alpha value is -1.93. The number of sulfonamides is 1. The lowest BCUT2D eigenvalue weighted by molar-refractivity contribution is 0.552. The molecule has 2 aromatic rings. The van der Waals surface area contributed by atoms with Crippen molar-refractivity contribution < 1.29 is 8.42 Å².